The van der Waals surface area contributed by atoms with E-state index in [1.807, 2.05) is 18.2 Å². The Labute approximate surface area is 209 Å². The molecule has 2 N–H and O–H groups in total. The van der Waals surface area contributed by atoms with Crippen molar-refractivity contribution in [2.75, 3.05) is 18.4 Å². The molecule has 1 saturated heterocycles. The number of aromatic nitrogens is 4. The van der Waals surface area contributed by atoms with Crippen LogP contribution in [-0.4, -0.2) is 50.5 Å². The van der Waals surface area contributed by atoms with Gasteiger partial charge in [0.05, 0.1) is 21.3 Å². The molecule has 1 atom stereocenters. The molecule has 0 amide bonds. The molecule has 0 aliphatic carbocycles. The Hall–Kier alpha value is -3.09. The summed E-state index contributed by atoms with van der Waals surface area (Å²) in [4.78, 5) is 8.78. The predicted molar refractivity (Wildman–Crippen MR) is 131 cm³/mol. The molecule has 5 rings (SSSR count). The Balaban J connectivity index is 1.44. The highest BCUT2D eigenvalue weighted by Crippen LogP contribution is 2.33. The van der Waals surface area contributed by atoms with Crippen molar-refractivity contribution < 1.29 is 17.9 Å². The normalized spacial score (nSPS) is 17.0. The lowest BCUT2D eigenvalue weighted by atomic mass is 9.96. The summed E-state index contributed by atoms with van der Waals surface area (Å²) >= 11 is 3.50. The summed E-state index contributed by atoms with van der Waals surface area (Å²) in [7, 11) is -3.91. The standard InChI is InChI=1S/C23H22BrFN6O3S/c24-18-13-28-31-22(27-12-15-3-1-7-26-11-15)10-20(29-23(18)31)16-4-2-8-30(14-16)35(33,34)17-5-6-19(25)21(32)9-17/h1,3,5-7,9-11,13,16,27,32H,2,4,8,12,14H2. The molecular weight excluding hydrogens is 539 g/mol. The van der Waals surface area contributed by atoms with E-state index in [0.29, 0.717) is 25.2 Å². The number of nitrogens with one attached hydrogen (secondary N) is 1. The van der Waals surface area contributed by atoms with Crippen LogP contribution in [0.15, 0.2) is 64.4 Å². The van der Waals surface area contributed by atoms with Gasteiger partial charge in [-0.25, -0.2) is 17.8 Å². The summed E-state index contributed by atoms with van der Waals surface area (Å²) in [5, 5.41) is 17.4. The van der Waals surface area contributed by atoms with E-state index in [2.05, 4.69) is 31.3 Å². The van der Waals surface area contributed by atoms with E-state index in [4.69, 9.17) is 4.98 Å². The average molecular weight is 561 g/mol. The predicted octanol–water partition coefficient (Wildman–Crippen LogP) is 3.91. The van der Waals surface area contributed by atoms with Crippen LogP contribution in [0.25, 0.3) is 5.65 Å². The maximum absolute atomic E-state index is 13.5. The molecule has 1 aliphatic heterocycles. The summed E-state index contributed by atoms with van der Waals surface area (Å²) < 4.78 is 43.7. The monoisotopic (exact) mass is 560 g/mol. The van der Waals surface area contributed by atoms with Crippen molar-refractivity contribution in [3.63, 3.8) is 0 Å². The van der Waals surface area contributed by atoms with Crippen LogP contribution in [0.1, 0.15) is 30.0 Å². The van der Waals surface area contributed by atoms with Crippen LogP contribution in [0.3, 0.4) is 0 Å². The Morgan fingerprint density at radius 3 is 2.86 bits per heavy atom. The summed E-state index contributed by atoms with van der Waals surface area (Å²) in [5.41, 5.74) is 2.37. The number of halogens is 2. The first kappa shape index (κ1) is 23.6. The number of aromatic hydroxyl groups is 1. The summed E-state index contributed by atoms with van der Waals surface area (Å²) in [6.07, 6.45) is 6.57. The van der Waals surface area contributed by atoms with Gasteiger partial charge in [0.2, 0.25) is 10.0 Å². The number of phenols is 1. The quantitative estimate of drug-likeness (QED) is 0.367. The van der Waals surface area contributed by atoms with Gasteiger partial charge < -0.3 is 10.4 Å². The third-order valence-corrected chi connectivity index (χ3v) is 8.42. The number of nitrogens with zero attached hydrogens (tertiary/aromatic N) is 5. The van der Waals surface area contributed by atoms with E-state index in [1.54, 1.807) is 23.1 Å². The number of phenolic OH excluding ortho intramolecular Hbond substituents is 1. The van der Waals surface area contributed by atoms with E-state index >= 15 is 0 Å². The van der Waals surface area contributed by atoms with Gasteiger partial charge in [0.25, 0.3) is 0 Å². The molecular formula is C23H22BrFN6O3S. The van der Waals surface area contributed by atoms with Gasteiger partial charge in [0, 0.05) is 50.1 Å². The zero-order valence-electron chi connectivity index (χ0n) is 18.5. The summed E-state index contributed by atoms with van der Waals surface area (Å²) in [6, 6.07) is 8.80. The minimum atomic E-state index is -3.91. The number of pyridine rings is 1. The lowest BCUT2D eigenvalue weighted by Gasteiger charge is -2.32. The minimum Gasteiger partial charge on any atom is -0.505 e. The first-order chi connectivity index (χ1) is 16.8. The van der Waals surface area contributed by atoms with Crippen LogP contribution in [0.2, 0.25) is 0 Å². The fourth-order valence-electron chi connectivity index (χ4n) is 4.19. The van der Waals surface area contributed by atoms with E-state index in [9.17, 15) is 17.9 Å². The maximum atomic E-state index is 13.5. The number of anilines is 1. The number of piperidine rings is 1. The maximum Gasteiger partial charge on any atom is 0.243 e. The van der Waals surface area contributed by atoms with Crippen molar-refractivity contribution in [2.24, 2.45) is 0 Å². The van der Waals surface area contributed by atoms with Crippen LogP contribution in [0.4, 0.5) is 10.2 Å². The SMILES string of the molecule is O=S(=O)(c1ccc(F)c(O)c1)N1CCCC(c2cc(NCc3cccnc3)n3ncc(Br)c3n2)C1. The Kier molecular flexibility index (Phi) is 6.43. The first-order valence-electron chi connectivity index (χ1n) is 11.0. The number of rotatable bonds is 6. The van der Waals surface area contributed by atoms with Crippen LogP contribution in [-0.2, 0) is 16.6 Å². The molecule has 9 nitrogen and oxygen atoms in total. The van der Waals surface area contributed by atoms with E-state index in [-0.39, 0.29) is 17.4 Å². The van der Waals surface area contributed by atoms with Crippen molar-refractivity contribution in [1.29, 1.82) is 0 Å². The second kappa shape index (κ2) is 9.51. The molecule has 4 aromatic rings. The molecule has 35 heavy (non-hydrogen) atoms. The highest BCUT2D eigenvalue weighted by Gasteiger charge is 2.32. The summed E-state index contributed by atoms with van der Waals surface area (Å²) in [5.74, 6) is -0.987. The van der Waals surface area contributed by atoms with E-state index < -0.39 is 21.6 Å². The molecule has 1 fully saturated rings. The average Bonchev–Trinajstić information content (AvgIpc) is 3.25. The van der Waals surface area contributed by atoms with Crippen LogP contribution < -0.4 is 5.32 Å². The molecule has 0 bridgehead atoms. The molecule has 0 radical (unpaired) electrons. The van der Waals surface area contributed by atoms with Gasteiger partial charge in [-0.15, -0.1) is 0 Å². The smallest absolute Gasteiger partial charge is 0.243 e. The lowest BCUT2D eigenvalue weighted by molar-refractivity contribution is 0.312. The van der Waals surface area contributed by atoms with Gasteiger partial charge in [-0.05, 0) is 52.5 Å². The van der Waals surface area contributed by atoms with Crippen molar-refractivity contribution >= 4 is 37.4 Å². The zero-order chi connectivity index (χ0) is 24.6. The molecule has 12 heteroatoms. The highest BCUT2D eigenvalue weighted by atomic mass is 79.9. The Bertz CT molecular complexity index is 1480. The van der Waals surface area contributed by atoms with E-state index in [1.165, 1.54) is 10.4 Å². The molecule has 1 aromatic carbocycles. The van der Waals surface area contributed by atoms with Crippen molar-refractivity contribution in [2.45, 2.75) is 30.2 Å². The van der Waals surface area contributed by atoms with Crippen LogP contribution >= 0.6 is 15.9 Å². The van der Waals surface area contributed by atoms with Crippen LogP contribution in [0, 0.1) is 5.82 Å². The highest BCUT2D eigenvalue weighted by molar-refractivity contribution is 9.10. The largest absolute Gasteiger partial charge is 0.505 e. The fourth-order valence-corrected chi connectivity index (χ4v) is 6.08. The van der Waals surface area contributed by atoms with Gasteiger partial charge in [-0.3, -0.25) is 4.98 Å². The number of benzene rings is 1. The second-order valence-electron chi connectivity index (χ2n) is 8.32. The third kappa shape index (κ3) is 4.73. The number of hydrogen-bond donors (Lipinski definition) is 2. The number of hydrogen-bond acceptors (Lipinski definition) is 7. The third-order valence-electron chi connectivity index (χ3n) is 6.00. The van der Waals surface area contributed by atoms with Gasteiger partial charge in [-0.2, -0.15) is 13.9 Å². The molecule has 3 aromatic heterocycles. The number of fused-ring (bicyclic) bond motifs is 1. The topological polar surface area (TPSA) is 113 Å². The number of sulfonamides is 1. The van der Waals surface area contributed by atoms with Gasteiger partial charge in [0.1, 0.15) is 5.82 Å². The minimum absolute atomic E-state index is 0.141. The molecule has 1 unspecified atom stereocenters. The molecule has 182 valence electrons. The zero-order valence-corrected chi connectivity index (χ0v) is 20.9. The fraction of sp³-hybridized carbons (Fsp3) is 0.261. The van der Waals surface area contributed by atoms with Gasteiger partial charge >= 0.3 is 0 Å². The molecule has 1 aliphatic rings. The molecule has 4 heterocycles. The van der Waals surface area contributed by atoms with Crippen molar-refractivity contribution in [1.82, 2.24) is 23.9 Å². The van der Waals surface area contributed by atoms with Crippen molar-refractivity contribution in [3.8, 4) is 5.75 Å². The lowest BCUT2D eigenvalue weighted by Crippen LogP contribution is -2.39. The molecule has 0 saturated carbocycles. The first-order valence-corrected chi connectivity index (χ1v) is 13.2. The van der Waals surface area contributed by atoms with Crippen molar-refractivity contribution in [3.05, 3.63) is 76.5 Å². The van der Waals surface area contributed by atoms with Crippen LogP contribution in [0.5, 0.6) is 5.75 Å². The molecule has 0 spiro atoms. The second-order valence-corrected chi connectivity index (χ2v) is 11.1. The van der Waals surface area contributed by atoms with Gasteiger partial charge in [0.15, 0.2) is 17.2 Å². The van der Waals surface area contributed by atoms with E-state index in [0.717, 1.165) is 40.1 Å². The Morgan fingerprint density at radius 1 is 1.23 bits per heavy atom. The summed E-state index contributed by atoms with van der Waals surface area (Å²) in [6.45, 7) is 1.09. The Morgan fingerprint density at radius 2 is 2.09 bits per heavy atom. The van der Waals surface area contributed by atoms with Gasteiger partial charge in [-0.1, -0.05) is 6.07 Å².